The van der Waals surface area contributed by atoms with Gasteiger partial charge in [-0.3, -0.25) is 0 Å². The zero-order chi connectivity index (χ0) is 10.7. The summed E-state index contributed by atoms with van der Waals surface area (Å²) in [5.41, 5.74) is 5.91. The monoisotopic (exact) mass is 190 g/mol. The second-order valence-corrected chi connectivity index (χ2v) is 4.33. The molecule has 0 fully saturated rings. The Bertz CT molecular complexity index is 283. The van der Waals surface area contributed by atoms with Crippen molar-refractivity contribution >= 4 is 0 Å². The van der Waals surface area contributed by atoms with Crippen molar-refractivity contribution in [1.29, 1.82) is 0 Å². The standard InChI is InChI=1S/C14H22/c1-6-13(7-2)14-11(4)8-10(3)9-12(14)5/h8-9,13H,6-7H2,1-5H3. The average molecular weight is 190 g/mol. The van der Waals surface area contributed by atoms with E-state index in [9.17, 15) is 0 Å². The molecule has 0 radical (unpaired) electrons. The number of hydrogen-bond donors (Lipinski definition) is 0. The Morgan fingerprint density at radius 3 is 1.71 bits per heavy atom. The van der Waals surface area contributed by atoms with Crippen molar-refractivity contribution < 1.29 is 0 Å². The molecule has 0 spiro atoms. The van der Waals surface area contributed by atoms with E-state index < -0.39 is 0 Å². The van der Waals surface area contributed by atoms with E-state index >= 15 is 0 Å². The molecule has 0 aliphatic carbocycles. The molecule has 0 aliphatic heterocycles. The van der Waals surface area contributed by atoms with Gasteiger partial charge in [0.15, 0.2) is 0 Å². The quantitative estimate of drug-likeness (QED) is 0.657. The maximum Gasteiger partial charge on any atom is -0.0162 e. The first-order valence-electron chi connectivity index (χ1n) is 5.67. The molecule has 0 aromatic heterocycles. The van der Waals surface area contributed by atoms with Crippen molar-refractivity contribution in [1.82, 2.24) is 0 Å². The molecule has 14 heavy (non-hydrogen) atoms. The van der Waals surface area contributed by atoms with Gasteiger partial charge in [-0.25, -0.2) is 0 Å². The van der Waals surface area contributed by atoms with Gasteiger partial charge in [-0.05, 0) is 56.2 Å². The normalized spacial score (nSPS) is 11.0. The van der Waals surface area contributed by atoms with Crippen molar-refractivity contribution in [2.24, 2.45) is 0 Å². The van der Waals surface area contributed by atoms with Gasteiger partial charge in [0.25, 0.3) is 0 Å². The topological polar surface area (TPSA) is 0 Å². The van der Waals surface area contributed by atoms with Gasteiger partial charge in [0.1, 0.15) is 0 Å². The van der Waals surface area contributed by atoms with Crippen LogP contribution in [0.3, 0.4) is 0 Å². The van der Waals surface area contributed by atoms with Gasteiger partial charge in [0.2, 0.25) is 0 Å². The highest BCUT2D eigenvalue weighted by Crippen LogP contribution is 2.29. The van der Waals surface area contributed by atoms with Crippen LogP contribution in [0.2, 0.25) is 0 Å². The first-order chi connectivity index (χ1) is 6.60. The van der Waals surface area contributed by atoms with Crippen LogP contribution < -0.4 is 0 Å². The molecule has 0 atom stereocenters. The molecular weight excluding hydrogens is 168 g/mol. The molecule has 0 bridgehead atoms. The SMILES string of the molecule is CCC(CC)c1c(C)cc(C)cc1C. The number of aryl methyl sites for hydroxylation is 3. The molecule has 0 saturated carbocycles. The Kier molecular flexibility index (Phi) is 3.74. The molecule has 0 heteroatoms. The summed E-state index contributed by atoms with van der Waals surface area (Å²) in [5.74, 6) is 0.746. The summed E-state index contributed by atoms with van der Waals surface area (Å²) in [6, 6.07) is 4.61. The molecule has 1 rings (SSSR count). The Morgan fingerprint density at radius 2 is 1.36 bits per heavy atom. The summed E-state index contributed by atoms with van der Waals surface area (Å²) in [7, 11) is 0. The van der Waals surface area contributed by atoms with E-state index in [-0.39, 0.29) is 0 Å². The molecule has 0 N–H and O–H groups in total. The number of rotatable bonds is 3. The largest absolute Gasteiger partial charge is 0.0648 e. The molecule has 0 unspecified atom stereocenters. The fourth-order valence-electron chi connectivity index (χ4n) is 2.53. The second kappa shape index (κ2) is 4.63. The molecule has 1 aromatic carbocycles. The van der Waals surface area contributed by atoms with Gasteiger partial charge in [-0.1, -0.05) is 31.5 Å². The second-order valence-electron chi connectivity index (χ2n) is 4.33. The molecule has 78 valence electrons. The summed E-state index contributed by atoms with van der Waals surface area (Å²) in [6.45, 7) is 11.2. The summed E-state index contributed by atoms with van der Waals surface area (Å²) in [4.78, 5) is 0. The third-order valence-electron chi connectivity index (χ3n) is 3.13. The third-order valence-corrected chi connectivity index (χ3v) is 3.13. The Morgan fingerprint density at radius 1 is 0.929 bits per heavy atom. The first-order valence-corrected chi connectivity index (χ1v) is 5.67. The van der Waals surface area contributed by atoms with E-state index in [2.05, 4.69) is 46.8 Å². The van der Waals surface area contributed by atoms with Crippen molar-refractivity contribution in [3.63, 3.8) is 0 Å². The predicted molar refractivity (Wildman–Crippen MR) is 64.0 cm³/mol. The molecule has 0 nitrogen and oxygen atoms in total. The summed E-state index contributed by atoms with van der Waals surface area (Å²) in [5, 5.41) is 0. The van der Waals surface area contributed by atoms with Crippen molar-refractivity contribution in [3.05, 3.63) is 34.4 Å². The van der Waals surface area contributed by atoms with Crippen LogP contribution in [-0.2, 0) is 0 Å². The Hall–Kier alpha value is -0.780. The van der Waals surface area contributed by atoms with Crippen LogP contribution in [0.4, 0.5) is 0 Å². The maximum atomic E-state index is 2.31. The van der Waals surface area contributed by atoms with Crippen LogP contribution in [0, 0.1) is 20.8 Å². The van der Waals surface area contributed by atoms with Crippen LogP contribution >= 0.6 is 0 Å². The smallest absolute Gasteiger partial charge is 0.0162 e. The van der Waals surface area contributed by atoms with E-state index in [0.29, 0.717) is 0 Å². The fraction of sp³-hybridized carbons (Fsp3) is 0.571. The average Bonchev–Trinajstić information content (AvgIpc) is 2.10. The van der Waals surface area contributed by atoms with Crippen molar-refractivity contribution in [2.75, 3.05) is 0 Å². The number of hydrogen-bond acceptors (Lipinski definition) is 0. The molecule has 0 heterocycles. The molecule has 1 aromatic rings. The van der Waals surface area contributed by atoms with E-state index in [4.69, 9.17) is 0 Å². The van der Waals surface area contributed by atoms with Crippen LogP contribution in [-0.4, -0.2) is 0 Å². The lowest BCUT2D eigenvalue weighted by Crippen LogP contribution is -2.02. The van der Waals surface area contributed by atoms with Crippen LogP contribution in [0.5, 0.6) is 0 Å². The maximum absolute atomic E-state index is 2.31. The van der Waals surface area contributed by atoms with Gasteiger partial charge >= 0.3 is 0 Å². The third kappa shape index (κ3) is 2.17. The highest BCUT2D eigenvalue weighted by Gasteiger charge is 2.12. The molecular formula is C14H22. The van der Waals surface area contributed by atoms with Crippen LogP contribution in [0.15, 0.2) is 12.1 Å². The van der Waals surface area contributed by atoms with Gasteiger partial charge < -0.3 is 0 Å². The van der Waals surface area contributed by atoms with Gasteiger partial charge in [0, 0.05) is 0 Å². The highest BCUT2D eigenvalue weighted by molar-refractivity contribution is 5.39. The lowest BCUT2D eigenvalue weighted by atomic mass is 9.86. The lowest BCUT2D eigenvalue weighted by molar-refractivity contribution is 0.634. The summed E-state index contributed by atoms with van der Waals surface area (Å²) < 4.78 is 0. The minimum Gasteiger partial charge on any atom is -0.0648 e. The zero-order valence-electron chi connectivity index (χ0n) is 10.1. The molecule has 0 aliphatic rings. The van der Waals surface area contributed by atoms with Gasteiger partial charge in [-0.2, -0.15) is 0 Å². The molecule has 0 saturated heterocycles. The van der Waals surface area contributed by atoms with E-state index in [0.717, 1.165) is 5.92 Å². The van der Waals surface area contributed by atoms with E-state index in [1.807, 2.05) is 0 Å². The Balaban J connectivity index is 3.19. The van der Waals surface area contributed by atoms with Gasteiger partial charge in [0.05, 0.1) is 0 Å². The highest BCUT2D eigenvalue weighted by atomic mass is 14.2. The summed E-state index contributed by atoms with van der Waals surface area (Å²) in [6.07, 6.45) is 2.50. The van der Waals surface area contributed by atoms with Crippen LogP contribution in [0.25, 0.3) is 0 Å². The summed E-state index contributed by atoms with van der Waals surface area (Å²) >= 11 is 0. The molecule has 0 amide bonds. The lowest BCUT2D eigenvalue weighted by Gasteiger charge is -2.19. The van der Waals surface area contributed by atoms with E-state index in [1.54, 1.807) is 5.56 Å². The fourth-order valence-corrected chi connectivity index (χ4v) is 2.53. The van der Waals surface area contributed by atoms with Crippen LogP contribution in [0.1, 0.15) is 54.9 Å². The van der Waals surface area contributed by atoms with Crippen molar-refractivity contribution in [3.8, 4) is 0 Å². The van der Waals surface area contributed by atoms with E-state index in [1.165, 1.54) is 29.5 Å². The zero-order valence-corrected chi connectivity index (χ0v) is 10.1. The van der Waals surface area contributed by atoms with Gasteiger partial charge in [-0.15, -0.1) is 0 Å². The minimum absolute atomic E-state index is 0.746. The number of benzene rings is 1. The van der Waals surface area contributed by atoms with Crippen molar-refractivity contribution in [2.45, 2.75) is 53.4 Å². The minimum atomic E-state index is 0.746. The predicted octanol–water partition coefficient (Wildman–Crippen LogP) is 4.52. The Labute approximate surface area is 88.4 Å². The first kappa shape index (κ1) is 11.3.